The zero-order chi connectivity index (χ0) is 32.6. The van der Waals surface area contributed by atoms with Gasteiger partial charge in [0.1, 0.15) is 0 Å². The van der Waals surface area contributed by atoms with Crippen molar-refractivity contribution in [2.24, 2.45) is 5.92 Å². The Kier molecular flexibility index (Phi) is 7.34. The molecule has 2 saturated carbocycles. The van der Waals surface area contributed by atoms with Gasteiger partial charge in [-0.3, -0.25) is 0 Å². The van der Waals surface area contributed by atoms with Gasteiger partial charge in [0.2, 0.25) is 0 Å². The predicted molar refractivity (Wildman–Crippen MR) is 194 cm³/mol. The molecule has 0 radical (unpaired) electrons. The molecule has 0 N–H and O–H groups in total. The molecule has 2 aliphatic carbocycles. The fourth-order valence-electron chi connectivity index (χ4n) is 7.63. The first-order chi connectivity index (χ1) is 24.2. The third-order valence-electron chi connectivity index (χ3n) is 10.3. The Hall–Kier alpha value is -5.88. The number of hydrogen-bond donors (Lipinski definition) is 0. The van der Waals surface area contributed by atoms with E-state index in [9.17, 15) is 0 Å². The Morgan fingerprint density at radius 3 is 0.918 bits per heavy atom. The van der Waals surface area contributed by atoms with Crippen LogP contribution >= 0.6 is 0 Å². The van der Waals surface area contributed by atoms with E-state index in [0.717, 1.165) is 39.3 Å². The standard InChI is InChI=1S/C43H34N6/c1-4-10-30(11-5-1)37-44-38(31-12-6-2-7-13-31)46-40(45-37)33-16-18-34(19-17-33)41-47-39(32-14-8-3-9-15-32)48-42(49-41)35-20-22-36(23-21-35)43-26-24-29(28-43)25-27-43/h1-23,29H,24-28H2. The minimum Gasteiger partial charge on any atom is -0.208 e. The van der Waals surface area contributed by atoms with Crippen molar-refractivity contribution in [3.8, 4) is 68.3 Å². The van der Waals surface area contributed by atoms with E-state index < -0.39 is 0 Å². The molecule has 2 aromatic heterocycles. The number of aromatic nitrogens is 6. The molecule has 0 saturated heterocycles. The van der Waals surface area contributed by atoms with Crippen molar-refractivity contribution in [1.82, 2.24) is 29.9 Å². The highest BCUT2D eigenvalue weighted by Gasteiger charge is 2.45. The molecule has 2 fully saturated rings. The van der Waals surface area contributed by atoms with Crippen LogP contribution in [-0.4, -0.2) is 29.9 Å². The van der Waals surface area contributed by atoms with Crippen molar-refractivity contribution in [3.63, 3.8) is 0 Å². The molecule has 236 valence electrons. The van der Waals surface area contributed by atoms with Crippen molar-refractivity contribution in [2.75, 3.05) is 0 Å². The molecule has 49 heavy (non-hydrogen) atoms. The summed E-state index contributed by atoms with van der Waals surface area (Å²) in [6, 6.07) is 47.3. The van der Waals surface area contributed by atoms with Gasteiger partial charge in [-0.25, -0.2) is 29.9 Å². The maximum absolute atomic E-state index is 5.02. The Morgan fingerprint density at radius 1 is 0.347 bits per heavy atom. The first-order valence-corrected chi connectivity index (χ1v) is 17.1. The molecule has 0 aliphatic heterocycles. The number of fused-ring (bicyclic) bond motifs is 2. The van der Waals surface area contributed by atoms with Gasteiger partial charge in [-0.2, -0.15) is 0 Å². The lowest BCUT2D eigenvalue weighted by Gasteiger charge is -2.27. The third kappa shape index (κ3) is 5.69. The molecule has 9 rings (SSSR count). The van der Waals surface area contributed by atoms with Gasteiger partial charge in [0.05, 0.1) is 0 Å². The van der Waals surface area contributed by atoms with Crippen LogP contribution in [0.3, 0.4) is 0 Å². The molecule has 0 unspecified atom stereocenters. The van der Waals surface area contributed by atoms with Gasteiger partial charge in [-0.05, 0) is 49.0 Å². The second-order valence-electron chi connectivity index (χ2n) is 13.3. The van der Waals surface area contributed by atoms with Crippen molar-refractivity contribution >= 4 is 0 Å². The molecule has 6 nitrogen and oxygen atoms in total. The first-order valence-electron chi connectivity index (χ1n) is 17.1. The van der Waals surface area contributed by atoms with Gasteiger partial charge >= 0.3 is 0 Å². The summed E-state index contributed by atoms with van der Waals surface area (Å²) in [5, 5.41) is 0. The zero-order valence-electron chi connectivity index (χ0n) is 27.1. The molecule has 2 aliphatic rings. The van der Waals surface area contributed by atoms with Gasteiger partial charge in [-0.15, -0.1) is 0 Å². The van der Waals surface area contributed by atoms with Crippen molar-refractivity contribution in [1.29, 1.82) is 0 Å². The Balaban J connectivity index is 1.09. The smallest absolute Gasteiger partial charge is 0.164 e. The lowest BCUT2D eigenvalue weighted by Crippen LogP contribution is -2.19. The van der Waals surface area contributed by atoms with Crippen LogP contribution in [0.4, 0.5) is 0 Å². The summed E-state index contributed by atoms with van der Waals surface area (Å²) in [7, 11) is 0. The lowest BCUT2D eigenvalue weighted by atomic mass is 9.77. The van der Waals surface area contributed by atoms with Crippen LogP contribution in [0.25, 0.3) is 68.3 Å². The summed E-state index contributed by atoms with van der Waals surface area (Å²) in [6.07, 6.45) is 6.70. The summed E-state index contributed by atoms with van der Waals surface area (Å²) < 4.78 is 0. The highest BCUT2D eigenvalue weighted by Crippen LogP contribution is 2.55. The molecule has 7 aromatic rings. The number of nitrogens with zero attached hydrogens (tertiary/aromatic N) is 6. The summed E-state index contributed by atoms with van der Waals surface area (Å²) in [6.45, 7) is 0. The monoisotopic (exact) mass is 634 g/mol. The number of benzene rings is 5. The molecule has 0 amide bonds. The van der Waals surface area contributed by atoms with Crippen LogP contribution in [0.1, 0.15) is 37.7 Å². The van der Waals surface area contributed by atoms with Crippen LogP contribution in [0.5, 0.6) is 0 Å². The summed E-state index contributed by atoms with van der Waals surface area (Å²) in [5.74, 6) is 4.73. The molecule has 0 spiro atoms. The molecular weight excluding hydrogens is 601 g/mol. The third-order valence-corrected chi connectivity index (χ3v) is 10.3. The van der Waals surface area contributed by atoms with Gasteiger partial charge < -0.3 is 0 Å². The molecule has 6 heteroatoms. The van der Waals surface area contributed by atoms with E-state index in [4.69, 9.17) is 29.9 Å². The summed E-state index contributed by atoms with van der Waals surface area (Å²) in [5.41, 5.74) is 7.44. The summed E-state index contributed by atoms with van der Waals surface area (Å²) >= 11 is 0. The van der Waals surface area contributed by atoms with Gasteiger partial charge in [0, 0.05) is 33.4 Å². The highest BCUT2D eigenvalue weighted by atomic mass is 15.0. The fourth-order valence-corrected chi connectivity index (χ4v) is 7.63. The van der Waals surface area contributed by atoms with E-state index in [1.54, 1.807) is 0 Å². The summed E-state index contributed by atoms with van der Waals surface area (Å²) in [4.78, 5) is 29.6. The molecular formula is C43H34N6. The lowest BCUT2D eigenvalue weighted by molar-refractivity contribution is 0.419. The Labute approximate surface area is 286 Å². The van der Waals surface area contributed by atoms with Crippen LogP contribution < -0.4 is 0 Å². The quantitative estimate of drug-likeness (QED) is 0.174. The number of hydrogen-bond acceptors (Lipinski definition) is 6. The van der Waals surface area contributed by atoms with Gasteiger partial charge in [-0.1, -0.05) is 140 Å². The van der Waals surface area contributed by atoms with E-state index in [0.29, 0.717) is 40.4 Å². The molecule has 2 heterocycles. The predicted octanol–water partition coefficient (Wildman–Crippen LogP) is 9.89. The molecule has 0 atom stereocenters. The van der Waals surface area contributed by atoms with Crippen LogP contribution in [0.2, 0.25) is 0 Å². The first kappa shape index (κ1) is 29.3. The topological polar surface area (TPSA) is 77.3 Å². The van der Waals surface area contributed by atoms with E-state index in [1.165, 1.54) is 37.7 Å². The maximum atomic E-state index is 5.02. The van der Waals surface area contributed by atoms with Crippen LogP contribution in [-0.2, 0) is 5.41 Å². The van der Waals surface area contributed by atoms with E-state index >= 15 is 0 Å². The molecule has 2 bridgehead atoms. The minimum atomic E-state index is 0.368. The SMILES string of the molecule is c1ccc(-c2nc(-c3ccccc3)nc(-c3ccc(-c4nc(-c5ccccc5)nc(-c5ccc(C67CCC(CC6)C7)cc5)n4)cc3)n2)cc1. The average Bonchev–Trinajstić information content (AvgIpc) is 3.82. The van der Waals surface area contributed by atoms with E-state index in [2.05, 4.69) is 24.3 Å². The second-order valence-corrected chi connectivity index (χ2v) is 13.3. The van der Waals surface area contributed by atoms with Crippen LogP contribution in [0.15, 0.2) is 140 Å². The van der Waals surface area contributed by atoms with E-state index in [1.807, 2.05) is 115 Å². The van der Waals surface area contributed by atoms with Crippen molar-refractivity contribution < 1.29 is 0 Å². The van der Waals surface area contributed by atoms with Crippen molar-refractivity contribution in [2.45, 2.75) is 37.5 Å². The van der Waals surface area contributed by atoms with Gasteiger partial charge in [0.15, 0.2) is 34.9 Å². The fraction of sp³-hybridized carbons (Fsp3) is 0.163. The number of rotatable bonds is 7. The van der Waals surface area contributed by atoms with Gasteiger partial charge in [0.25, 0.3) is 0 Å². The average molecular weight is 635 g/mol. The Morgan fingerprint density at radius 2 is 0.633 bits per heavy atom. The van der Waals surface area contributed by atoms with E-state index in [-0.39, 0.29) is 0 Å². The normalized spacial score (nSPS) is 18.1. The van der Waals surface area contributed by atoms with Crippen LogP contribution in [0, 0.1) is 5.92 Å². The Bertz CT molecular complexity index is 2170. The highest BCUT2D eigenvalue weighted by molar-refractivity contribution is 5.70. The largest absolute Gasteiger partial charge is 0.208 e. The maximum Gasteiger partial charge on any atom is 0.164 e. The molecule has 5 aromatic carbocycles. The minimum absolute atomic E-state index is 0.368. The zero-order valence-corrected chi connectivity index (χ0v) is 27.1. The van der Waals surface area contributed by atoms with Crippen molar-refractivity contribution in [3.05, 3.63) is 145 Å². The second kappa shape index (κ2) is 12.3.